The molecule has 150 valence electrons. The first-order valence-corrected chi connectivity index (χ1v) is 10.1. The van der Waals surface area contributed by atoms with Crippen LogP contribution in [0.5, 0.6) is 5.75 Å². The summed E-state index contributed by atoms with van der Waals surface area (Å²) in [4.78, 5) is 26.3. The Morgan fingerprint density at radius 1 is 1.14 bits per heavy atom. The van der Waals surface area contributed by atoms with Crippen LogP contribution in [0.25, 0.3) is 0 Å². The summed E-state index contributed by atoms with van der Waals surface area (Å²) in [5.74, 6) is 2.75. The summed E-state index contributed by atoms with van der Waals surface area (Å²) in [5, 5.41) is 0. The molecule has 1 aromatic heterocycles. The summed E-state index contributed by atoms with van der Waals surface area (Å²) in [6.07, 6.45) is 5.31. The van der Waals surface area contributed by atoms with Gasteiger partial charge in [0.15, 0.2) is 0 Å². The van der Waals surface area contributed by atoms with Crippen LogP contribution in [-0.4, -0.2) is 54.1 Å². The highest BCUT2D eigenvalue weighted by Gasteiger charge is 2.22. The maximum absolute atomic E-state index is 12.9. The van der Waals surface area contributed by atoms with Gasteiger partial charge < -0.3 is 14.5 Å². The molecule has 1 aromatic carbocycles. The van der Waals surface area contributed by atoms with Gasteiger partial charge in [0.25, 0.3) is 0 Å². The van der Waals surface area contributed by atoms with Crippen molar-refractivity contribution in [3.8, 4) is 5.75 Å². The highest BCUT2D eigenvalue weighted by atomic mass is 16.5. The van der Waals surface area contributed by atoms with Gasteiger partial charge in [-0.15, -0.1) is 0 Å². The van der Waals surface area contributed by atoms with Gasteiger partial charge in [-0.25, -0.2) is 9.97 Å². The second kappa shape index (κ2) is 9.53. The fourth-order valence-corrected chi connectivity index (χ4v) is 3.70. The van der Waals surface area contributed by atoms with Crippen LogP contribution >= 0.6 is 0 Å². The van der Waals surface area contributed by atoms with Crippen LogP contribution in [0.2, 0.25) is 0 Å². The number of ether oxygens (including phenoxy) is 1. The van der Waals surface area contributed by atoms with E-state index in [0.717, 1.165) is 61.9 Å². The lowest BCUT2D eigenvalue weighted by molar-refractivity contribution is -0.130. The minimum absolute atomic E-state index is 0.152. The molecule has 1 aliphatic rings. The number of nitrogens with zero attached hydrogens (tertiary/aromatic N) is 4. The van der Waals surface area contributed by atoms with E-state index in [2.05, 4.69) is 16.8 Å². The van der Waals surface area contributed by atoms with Crippen LogP contribution in [0.1, 0.15) is 36.7 Å². The molecule has 2 aromatic rings. The van der Waals surface area contributed by atoms with Crippen molar-refractivity contribution >= 4 is 11.7 Å². The van der Waals surface area contributed by atoms with Gasteiger partial charge in [-0.2, -0.15) is 0 Å². The molecule has 0 N–H and O–H groups in total. The molecule has 0 bridgehead atoms. The van der Waals surface area contributed by atoms with E-state index < -0.39 is 0 Å². The Labute approximate surface area is 167 Å². The smallest absolute Gasteiger partial charge is 0.227 e. The first-order chi connectivity index (χ1) is 13.6. The molecule has 1 saturated heterocycles. The zero-order valence-corrected chi connectivity index (χ0v) is 17.1. The maximum Gasteiger partial charge on any atom is 0.227 e. The topological polar surface area (TPSA) is 58.6 Å². The molecule has 3 rings (SSSR count). The zero-order chi connectivity index (χ0) is 19.9. The summed E-state index contributed by atoms with van der Waals surface area (Å²) in [6, 6.07) is 7.73. The van der Waals surface area contributed by atoms with Crippen molar-refractivity contribution in [3.05, 3.63) is 47.4 Å². The summed E-state index contributed by atoms with van der Waals surface area (Å²) in [6.45, 7) is 7.29. The van der Waals surface area contributed by atoms with Crippen molar-refractivity contribution in [2.45, 2.75) is 39.5 Å². The summed E-state index contributed by atoms with van der Waals surface area (Å²) in [5.41, 5.74) is 2.13. The van der Waals surface area contributed by atoms with Crippen LogP contribution in [0.4, 0.5) is 5.82 Å². The zero-order valence-electron chi connectivity index (χ0n) is 17.1. The van der Waals surface area contributed by atoms with E-state index in [1.165, 1.54) is 5.56 Å². The van der Waals surface area contributed by atoms with Crippen LogP contribution < -0.4 is 9.64 Å². The fraction of sp³-hybridized carbons (Fsp3) is 0.500. The molecule has 0 atom stereocenters. The van der Waals surface area contributed by atoms with Gasteiger partial charge in [-0.1, -0.05) is 31.5 Å². The van der Waals surface area contributed by atoms with E-state index in [1.54, 1.807) is 7.11 Å². The Morgan fingerprint density at radius 2 is 1.96 bits per heavy atom. The Balaban J connectivity index is 1.68. The number of aromatic nitrogens is 2. The first kappa shape index (κ1) is 20.1. The molecule has 2 heterocycles. The van der Waals surface area contributed by atoms with Crippen LogP contribution in [-0.2, 0) is 17.6 Å². The average molecular weight is 383 g/mol. The Hall–Kier alpha value is -2.63. The fourth-order valence-electron chi connectivity index (χ4n) is 3.70. The third kappa shape index (κ3) is 4.80. The standard InChI is InChI=1S/C22H30N4O2/c1-4-8-19-16-23-17(2)24-22(19)26-12-7-11-25(13-14-26)21(27)15-18-9-5-6-10-20(18)28-3/h5-6,9-10,16H,4,7-8,11-15H2,1-3H3. The second-order valence-corrected chi connectivity index (χ2v) is 7.23. The number of rotatable bonds is 6. The number of para-hydroxylation sites is 1. The van der Waals surface area contributed by atoms with Gasteiger partial charge >= 0.3 is 0 Å². The van der Waals surface area contributed by atoms with Gasteiger partial charge in [0.05, 0.1) is 13.5 Å². The van der Waals surface area contributed by atoms with Crippen molar-refractivity contribution in [3.63, 3.8) is 0 Å². The van der Waals surface area contributed by atoms with Crippen molar-refractivity contribution in [1.29, 1.82) is 0 Å². The quantitative estimate of drug-likeness (QED) is 0.769. The number of aryl methyl sites for hydroxylation is 2. The molecule has 0 radical (unpaired) electrons. The maximum atomic E-state index is 12.9. The number of anilines is 1. The van der Waals surface area contributed by atoms with Gasteiger partial charge in [-0.3, -0.25) is 4.79 Å². The van der Waals surface area contributed by atoms with Crippen molar-refractivity contribution < 1.29 is 9.53 Å². The molecular formula is C22H30N4O2. The molecule has 0 aliphatic carbocycles. The molecule has 0 spiro atoms. The number of carbonyl (C=O) groups is 1. The minimum Gasteiger partial charge on any atom is -0.496 e. The van der Waals surface area contributed by atoms with Crippen molar-refractivity contribution in [1.82, 2.24) is 14.9 Å². The number of amides is 1. The van der Waals surface area contributed by atoms with Crippen LogP contribution in [0.3, 0.4) is 0 Å². The van der Waals surface area contributed by atoms with Gasteiger partial charge in [-0.05, 0) is 25.8 Å². The molecule has 1 fully saturated rings. The van der Waals surface area contributed by atoms with E-state index in [9.17, 15) is 4.79 Å². The summed E-state index contributed by atoms with van der Waals surface area (Å²) in [7, 11) is 1.64. The van der Waals surface area contributed by atoms with E-state index >= 15 is 0 Å². The highest BCUT2D eigenvalue weighted by molar-refractivity contribution is 5.79. The van der Waals surface area contributed by atoms with E-state index in [1.807, 2.05) is 42.3 Å². The third-order valence-corrected chi connectivity index (χ3v) is 5.16. The van der Waals surface area contributed by atoms with E-state index in [0.29, 0.717) is 13.0 Å². The van der Waals surface area contributed by atoms with Crippen molar-refractivity contribution in [2.75, 3.05) is 38.2 Å². The van der Waals surface area contributed by atoms with E-state index in [-0.39, 0.29) is 5.91 Å². The number of methoxy groups -OCH3 is 1. The Morgan fingerprint density at radius 3 is 2.75 bits per heavy atom. The van der Waals surface area contributed by atoms with Crippen molar-refractivity contribution in [2.24, 2.45) is 0 Å². The molecule has 1 aliphatic heterocycles. The van der Waals surface area contributed by atoms with E-state index in [4.69, 9.17) is 9.72 Å². The molecule has 1 amide bonds. The molecular weight excluding hydrogens is 352 g/mol. The van der Waals surface area contributed by atoms with Gasteiger partial charge in [0, 0.05) is 43.5 Å². The highest BCUT2D eigenvalue weighted by Crippen LogP contribution is 2.22. The Bertz CT molecular complexity index is 809. The number of hydrogen-bond acceptors (Lipinski definition) is 5. The first-order valence-electron chi connectivity index (χ1n) is 10.1. The lowest BCUT2D eigenvalue weighted by Gasteiger charge is -2.25. The molecule has 6 heteroatoms. The third-order valence-electron chi connectivity index (χ3n) is 5.16. The average Bonchev–Trinajstić information content (AvgIpc) is 2.96. The molecule has 0 unspecified atom stereocenters. The summed E-state index contributed by atoms with van der Waals surface area (Å²) < 4.78 is 5.39. The monoisotopic (exact) mass is 382 g/mol. The SMILES string of the molecule is CCCc1cnc(C)nc1N1CCCN(C(=O)Cc2ccccc2OC)CC1. The Kier molecular flexibility index (Phi) is 6.85. The summed E-state index contributed by atoms with van der Waals surface area (Å²) >= 11 is 0. The number of carbonyl (C=O) groups excluding carboxylic acids is 1. The molecule has 0 saturated carbocycles. The predicted octanol–water partition coefficient (Wildman–Crippen LogP) is 3.03. The predicted molar refractivity (Wildman–Crippen MR) is 111 cm³/mol. The van der Waals surface area contributed by atoms with Gasteiger partial charge in [0.1, 0.15) is 17.4 Å². The van der Waals surface area contributed by atoms with Crippen LogP contribution in [0, 0.1) is 6.92 Å². The molecule has 6 nitrogen and oxygen atoms in total. The van der Waals surface area contributed by atoms with Crippen LogP contribution in [0.15, 0.2) is 30.5 Å². The number of hydrogen-bond donors (Lipinski definition) is 0. The molecule has 28 heavy (non-hydrogen) atoms. The largest absolute Gasteiger partial charge is 0.496 e. The number of benzene rings is 1. The lowest BCUT2D eigenvalue weighted by atomic mass is 10.1. The second-order valence-electron chi connectivity index (χ2n) is 7.23. The minimum atomic E-state index is 0.152. The normalized spacial score (nSPS) is 14.7. The van der Waals surface area contributed by atoms with Gasteiger partial charge in [0.2, 0.25) is 5.91 Å². The lowest BCUT2D eigenvalue weighted by Crippen LogP contribution is -2.36.